The number of likely N-dealkylation sites (tertiary alicyclic amines) is 2. The molecule has 1 amide bonds. The van der Waals surface area contributed by atoms with Crippen LogP contribution in [0.25, 0.3) is 0 Å². The second kappa shape index (κ2) is 13.8. The maximum absolute atomic E-state index is 15.1. The number of phenolic OH excluding ortho intramolecular Hbond substituents is 1. The van der Waals surface area contributed by atoms with Gasteiger partial charge < -0.3 is 19.8 Å². The van der Waals surface area contributed by atoms with Crippen molar-refractivity contribution in [2.75, 3.05) is 46.8 Å². The zero-order valence-corrected chi connectivity index (χ0v) is 25.6. The van der Waals surface area contributed by atoms with Gasteiger partial charge >= 0.3 is 0 Å². The van der Waals surface area contributed by atoms with Gasteiger partial charge in [-0.05, 0) is 94.7 Å². The minimum Gasteiger partial charge on any atom is -0.508 e. The van der Waals surface area contributed by atoms with Gasteiger partial charge in [-0.3, -0.25) is 9.59 Å². The number of hydrogen-bond donors (Lipinski definition) is 1. The summed E-state index contributed by atoms with van der Waals surface area (Å²) in [6, 6.07) is 21.6. The maximum atomic E-state index is 15.1. The molecule has 3 aromatic carbocycles. The van der Waals surface area contributed by atoms with Gasteiger partial charge in [0.05, 0.1) is 12.0 Å². The smallest absolute Gasteiger partial charge is 0.228 e. The highest BCUT2D eigenvalue weighted by Gasteiger charge is 2.47. The number of ketones is 1. The highest BCUT2D eigenvalue weighted by Crippen LogP contribution is 2.44. The minimum absolute atomic E-state index is 0.0151. The molecule has 0 aliphatic carbocycles. The molecule has 2 fully saturated rings. The first-order valence-corrected chi connectivity index (χ1v) is 15.6. The number of rotatable bonds is 10. The van der Waals surface area contributed by atoms with Crippen molar-refractivity contribution in [2.24, 2.45) is 11.8 Å². The van der Waals surface area contributed by atoms with Crippen molar-refractivity contribution in [3.63, 3.8) is 0 Å². The zero-order valence-electron chi connectivity index (χ0n) is 25.6. The third-order valence-electron chi connectivity index (χ3n) is 9.28. The molecular formula is C36H44FN3O3. The lowest BCUT2D eigenvalue weighted by molar-refractivity contribution is -0.139. The highest BCUT2D eigenvalue weighted by atomic mass is 19.1. The molecule has 0 radical (unpaired) electrons. The SMILES string of the molecule is Cc1c(F)cccc1[C@@H]1[C@@H](C(=O)c2cccc(O)c2)CN(CCCCN(C)C)C[C@H]1C(=O)N1CCC[C@H]1c1ccccc1. The van der Waals surface area contributed by atoms with Crippen molar-refractivity contribution < 1.29 is 19.1 Å². The van der Waals surface area contributed by atoms with Crippen LogP contribution in [-0.4, -0.2) is 78.3 Å². The Kier molecular flexibility index (Phi) is 9.93. The zero-order chi connectivity index (χ0) is 30.5. The second-order valence-corrected chi connectivity index (χ2v) is 12.5. The van der Waals surface area contributed by atoms with E-state index >= 15 is 4.39 Å². The summed E-state index contributed by atoms with van der Waals surface area (Å²) in [6.45, 7) is 5.15. The number of unbranched alkanes of at least 4 members (excludes halogenated alkanes) is 1. The molecule has 3 aromatic rings. The Morgan fingerprint density at radius 2 is 1.70 bits per heavy atom. The Balaban J connectivity index is 1.55. The molecule has 43 heavy (non-hydrogen) atoms. The maximum Gasteiger partial charge on any atom is 0.228 e. The van der Waals surface area contributed by atoms with Crippen LogP contribution in [0.5, 0.6) is 5.75 Å². The van der Waals surface area contributed by atoms with Gasteiger partial charge in [-0.1, -0.05) is 54.6 Å². The number of phenols is 1. The monoisotopic (exact) mass is 585 g/mol. The van der Waals surface area contributed by atoms with Crippen LogP contribution in [0.3, 0.4) is 0 Å². The molecule has 5 rings (SSSR count). The first-order chi connectivity index (χ1) is 20.7. The molecule has 2 heterocycles. The number of Topliss-reactive ketones (excluding diaryl/α,β-unsaturated/α-hetero) is 1. The van der Waals surface area contributed by atoms with Crippen molar-refractivity contribution in [3.05, 3.63) is 101 Å². The molecule has 2 aliphatic heterocycles. The Hall–Kier alpha value is -3.55. The van der Waals surface area contributed by atoms with Crippen LogP contribution in [0.1, 0.15) is 64.7 Å². The molecular weight excluding hydrogens is 541 g/mol. The quantitative estimate of drug-likeness (QED) is 0.232. The van der Waals surface area contributed by atoms with E-state index in [4.69, 9.17) is 0 Å². The van der Waals surface area contributed by atoms with Gasteiger partial charge in [-0.2, -0.15) is 0 Å². The number of carbonyl (C=O) groups excluding carboxylic acids is 2. The molecule has 0 spiro atoms. The van der Waals surface area contributed by atoms with Crippen LogP contribution in [0.2, 0.25) is 0 Å². The molecule has 0 saturated carbocycles. The van der Waals surface area contributed by atoms with Crippen molar-refractivity contribution in [1.82, 2.24) is 14.7 Å². The van der Waals surface area contributed by atoms with Crippen molar-refractivity contribution in [1.29, 1.82) is 0 Å². The summed E-state index contributed by atoms with van der Waals surface area (Å²) in [6.07, 6.45) is 3.78. The van der Waals surface area contributed by atoms with Crippen molar-refractivity contribution >= 4 is 11.7 Å². The first-order valence-electron chi connectivity index (χ1n) is 15.6. The average molecular weight is 586 g/mol. The summed E-state index contributed by atoms with van der Waals surface area (Å²) in [5, 5.41) is 10.2. The number of piperidine rings is 1. The predicted octanol–water partition coefficient (Wildman–Crippen LogP) is 6.06. The molecule has 4 atom stereocenters. The van der Waals surface area contributed by atoms with Gasteiger partial charge in [-0.25, -0.2) is 4.39 Å². The lowest BCUT2D eigenvalue weighted by atomic mass is 9.69. The van der Waals surface area contributed by atoms with Crippen LogP contribution in [0.4, 0.5) is 4.39 Å². The Morgan fingerprint density at radius 1 is 0.953 bits per heavy atom. The van der Waals surface area contributed by atoms with Crippen LogP contribution >= 0.6 is 0 Å². The van der Waals surface area contributed by atoms with E-state index in [1.807, 2.05) is 29.2 Å². The fourth-order valence-electron chi connectivity index (χ4n) is 7.12. The van der Waals surface area contributed by atoms with E-state index < -0.39 is 17.8 Å². The van der Waals surface area contributed by atoms with Crippen LogP contribution < -0.4 is 0 Å². The van der Waals surface area contributed by atoms with E-state index in [1.54, 1.807) is 31.2 Å². The van der Waals surface area contributed by atoms with E-state index in [0.29, 0.717) is 30.8 Å². The molecule has 0 bridgehead atoms. The van der Waals surface area contributed by atoms with Crippen LogP contribution in [0, 0.1) is 24.6 Å². The Labute approximate surface area is 255 Å². The molecule has 0 unspecified atom stereocenters. The third-order valence-corrected chi connectivity index (χ3v) is 9.28. The number of amides is 1. The fraction of sp³-hybridized carbons (Fsp3) is 0.444. The largest absolute Gasteiger partial charge is 0.508 e. The molecule has 2 saturated heterocycles. The summed E-state index contributed by atoms with van der Waals surface area (Å²) in [5.74, 6) is -1.98. The summed E-state index contributed by atoms with van der Waals surface area (Å²) in [7, 11) is 4.12. The standard InChI is InChI=1S/C36H44FN3O3/c1-25-29(16-10-17-32(25)37)34-30(35(42)27-14-9-15-28(41)22-27)23-39(20-8-7-19-38(2)3)24-31(34)36(43)40-21-11-18-33(40)26-12-5-4-6-13-26/h4-6,9-10,12-17,22,30-31,33-34,41H,7-8,11,18-21,23-24H2,1-3H3/t30-,31+,33-,34+/m0/s1. The van der Waals surface area contributed by atoms with Gasteiger partial charge in [0.1, 0.15) is 11.6 Å². The summed E-state index contributed by atoms with van der Waals surface area (Å²) in [4.78, 5) is 35.5. The number of benzene rings is 3. The fourth-order valence-corrected chi connectivity index (χ4v) is 7.12. The van der Waals surface area contributed by atoms with Crippen molar-refractivity contribution in [2.45, 2.75) is 44.6 Å². The molecule has 7 heteroatoms. The van der Waals surface area contributed by atoms with E-state index in [2.05, 4.69) is 36.0 Å². The third kappa shape index (κ3) is 7.00. The Morgan fingerprint density at radius 3 is 2.44 bits per heavy atom. The van der Waals surface area contributed by atoms with Gasteiger partial charge in [0.25, 0.3) is 0 Å². The Bertz CT molecular complexity index is 1410. The molecule has 6 nitrogen and oxygen atoms in total. The average Bonchev–Trinajstić information content (AvgIpc) is 3.50. The first kappa shape index (κ1) is 30.9. The lowest BCUT2D eigenvalue weighted by Gasteiger charge is -2.45. The number of hydrogen-bond acceptors (Lipinski definition) is 5. The summed E-state index contributed by atoms with van der Waals surface area (Å²) in [5.41, 5.74) is 2.74. The summed E-state index contributed by atoms with van der Waals surface area (Å²) >= 11 is 0. The predicted molar refractivity (Wildman–Crippen MR) is 168 cm³/mol. The van der Waals surface area contributed by atoms with Gasteiger partial charge in [0.15, 0.2) is 5.78 Å². The number of carbonyl (C=O) groups is 2. The highest BCUT2D eigenvalue weighted by molar-refractivity contribution is 5.99. The number of halogens is 1. The van der Waals surface area contributed by atoms with Gasteiger partial charge in [0, 0.05) is 37.0 Å². The van der Waals surface area contributed by atoms with E-state index in [0.717, 1.165) is 49.9 Å². The normalized spacial score (nSPS) is 22.7. The van der Waals surface area contributed by atoms with E-state index in [1.165, 1.54) is 12.1 Å². The van der Waals surface area contributed by atoms with E-state index in [-0.39, 0.29) is 29.3 Å². The number of nitrogens with zero attached hydrogens (tertiary/aromatic N) is 3. The lowest BCUT2D eigenvalue weighted by Crippen LogP contribution is -2.53. The topological polar surface area (TPSA) is 64.1 Å². The van der Waals surface area contributed by atoms with Gasteiger partial charge in [-0.15, -0.1) is 0 Å². The van der Waals surface area contributed by atoms with E-state index in [9.17, 15) is 14.7 Å². The molecule has 0 aromatic heterocycles. The van der Waals surface area contributed by atoms with Crippen LogP contribution in [0.15, 0.2) is 72.8 Å². The number of aromatic hydroxyl groups is 1. The molecule has 228 valence electrons. The minimum atomic E-state index is -0.573. The van der Waals surface area contributed by atoms with Crippen LogP contribution in [-0.2, 0) is 4.79 Å². The molecule has 1 N–H and O–H groups in total. The summed E-state index contributed by atoms with van der Waals surface area (Å²) < 4.78 is 15.1. The van der Waals surface area contributed by atoms with Gasteiger partial charge in [0.2, 0.25) is 5.91 Å². The molecule has 2 aliphatic rings. The second-order valence-electron chi connectivity index (χ2n) is 12.5. The van der Waals surface area contributed by atoms with Crippen molar-refractivity contribution in [3.8, 4) is 5.75 Å².